The van der Waals surface area contributed by atoms with Crippen molar-refractivity contribution in [3.8, 4) is 44.5 Å². The molecule has 0 N–H and O–H groups in total. The molecule has 5 heterocycles. The van der Waals surface area contributed by atoms with Crippen LogP contribution in [-0.2, 0) is 19.5 Å². The molecule has 1 saturated carbocycles. The largest absolute Gasteiger partial charge is 2.00 e. The molecule has 2 aliphatic heterocycles. The van der Waals surface area contributed by atoms with E-state index in [0.717, 1.165) is 78.2 Å². The van der Waals surface area contributed by atoms with E-state index in [1.807, 2.05) is 0 Å². The van der Waals surface area contributed by atoms with E-state index < -0.39 is 0 Å². The summed E-state index contributed by atoms with van der Waals surface area (Å²) in [6.07, 6.45) is 16.0. The van der Waals surface area contributed by atoms with Crippen LogP contribution in [0, 0.1) is 41.5 Å². The van der Waals surface area contributed by atoms with Crippen LogP contribution in [0.4, 0.5) is 0 Å². The van der Waals surface area contributed by atoms with Crippen molar-refractivity contribution < 1.29 is 19.5 Å². The first-order chi connectivity index (χ1) is 29.6. The Bertz CT molecular complexity index is 3020. The van der Waals surface area contributed by atoms with E-state index in [9.17, 15) is 0 Å². The van der Waals surface area contributed by atoms with Gasteiger partial charge in [0, 0.05) is 4.90 Å². The third-order valence-electron chi connectivity index (χ3n) is 12.9. The van der Waals surface area contributed by atoms with Gasteiger partial charge in [-0.2, -0.15) is 0 Å². The number of aryl methyl sites for hydroxylation is 6. The summed E-state index contributed by atoms with van der Waals surface area (Å²) in [5.74, 6) is 0.635. The quantitative estimate of drug-likeness (QED) is 0.123. The van der Waals surface area contributed by atoms with Gasteiger partial charge in [0.05, 0.1) is 22.8 Å². The fourth-order valence-electron chi connectivity index (χ4n) is 10.3. The van der Waals surface area contributed by atoms with Crippen LogP contribution in [0.1, 0.15) is 93.3 Å². The monoisotopic (exact) mass is 874 g/mol. The van der Waals surface area contributed by atoms with Gasteiger partial charge in [-0.1, -0.05) is 109 Å². The van der Waals surface area contributed by atoms with Crippen molar-refractivity contribution in [1.29, 1.82) is 0 Å². The zero-order chi connectivity index (χ0) is 41.9. The fraction of sp³-hybridized carbons (Fsp3) is 0.214. The Morgan fingerprint density at radius 1 is 0.452 bits per heavy atom. The third kappa shape index (κ3) is 7.56. The number of fused-ring (bicyclic) bond motifs is 8. The first kappa shape index (κ1) is 41.8. The smallest absolute Gasteiger partial charge is 0.657 e. The molecule has 10 rings (SSSR count). The summed E-state index contributed by atoms with van der Waals surface area (Å²) in [5, 5.41) is 0. The van der Waals surface area contributed by atoms with Crippen molar-refractivity contribution in [1.82, 2.24) is 19.9 Å². The Balaban J connectivity index is 0.00000490. The Hall–Kier alpha value is -5.55. The number of nitrogens with zero attached hydrogens (tertiary/aromatic N) is 4. The average Bonchev–Trinajstić information content (AvgIpc) is 4.10. The Labute approximate surface area is 382 Å². The predicted molar refractivity (Wildman–Crippen MR) is 260 cm³/mol. The van der Waals surface area contributed by atoms with Crippen molar-refractivity contribution in [2.45, 2.75) is 78.0 Å². The summed E-state index contributed by atoms with van der Waals surface area (Å²) in [6, 6.07) is 35.8. The molecule has 4 aromatic carbocycles. The van der Waals surface area contributed by atoms with Crippen molar-refractivity contribution in [3.63, 3.8) is 0 Å². The zero-order valence-corrected chi connectivity index (χ0v) is 40.6. The maximum absolute atomic E-state index is 5.57. The maximum Gasteiger partial charge on any atom is 2.00 e. The van der Waals surface area contributed by atoms with Crippen LogP contribution in [-0.4, -0.2) is 16.2 Å². The van der Waals surface area contributed by atoms with E-state index in [0.29, 0.717) is 5.92 Å². The minimum absolute atomic E-state index is 0. The molecule has 6 heteroatoms. The summed E-state index contributed by atoms with van der Waals surface area (Å²) in [6.45, 7) is 13.2. The second-order valence-electron chi connectivity index (χ2n) is 17.2. The molecule has 7 aromatic rings. The predicted octanol–water partition coefficient (Wildman–Crippen LogP) is 14.8. The molecular formula is C56H50N4SZn. The van der Waals surface area contributed by atoms with E-state index >= 15 is 0 Å². The first-order valence-electron chi connectivity index (χ1n) is 21.6. The van der Waals surface area contributed by atoms with Crippen molar-refractivity contribution in [2.75, 3.05) is 6.26 Å². The Morgan fingerprint density at radius 2 is 0.806 bits per heavy atom. The average molecular weight is 877 g/mol. The molecule has 1 aliphatic carbocycles. The number of thioether (sulfide) groups is 1. The van der Waals surface area contributed by atoms with Crippen LogP contribution < -0.4 is 9.97 Å². The molecule has 0 unspecified atom stereocenters. The van der Waals surface area contributed by atoms with Gasteiger partial charge >= 0.3 is 19.5 Å². The van der Waals surface area contributed by atoms with Gasteiger partial charge in [-0.15, -0.1) is 33.8 Å². The first-order valence-corrected chi connectivity index (χ1v) is 22.8. The van der Waals surface area contributed by atoms with Crippen LogP contribution in [0.25, 0.3) is 90.9 Å². The SMILES string of the molecule is CSc1ccc(-c2c3nc(c(-c4c(C)cc(C)cc4C)c4ccc([n-]4)c(-c4ccc(C5CCCC5)cc4)c4nc(c(-c5c(C)cc(C)cc5C)c5ccc2[n-]5)C=C4)C=C3)cc1.[Zn+2]. The molecule has 302 valence electrons. The van der Waals surface area contributed by atoms with E-state index in [1.165, 1.54) is 80.6 Å². The summed E-state index contributed by atoms with van der Waals surface area (Å²) in [4.78, 5) is 23.4. The third-order valence-corrected chi connectivity index (χ3v) is 13.6. The number of hydrogen-bond acceptors (Lipinski definition) is 3. The maximum atomic E-state index is 5.57. The molecular weight excluding hydrogens is 826 g/mol. The van der Waals surface area contributed by atoms with Crippen LogP contribution >= 0.6 is 11.8 Å². The molecule has 0 saturated heterocycles. The van der Waals surface area contributed by atoms with Gasteiger partial charge < -0.3 is 9.97 Å². The second-order valence-corrected chi connectivity index (χ2v) is 18.1. The molecule has 0 spiro atoms. The molecule has 3 aliphatic rings. The summed E-state index contributed by atoms with van der Waals surface area (Å²) in [7, 11) is 0. The van der Waals surface area contributed by atoms with Gasteiger partial charge in [-0.25, -0.2) is 9.97 Å². The Kier molecular flexibility index (Phi) is 11.4. The molecule has 8 bridgehead atoms. The van der Waals surface area contributed by atoms with Crippen LogP contribution in [0.15, 0.2) is 102 Å². The summed E-state index contributed by atoms with van der Waals surface area (Å²) < 4.78 is 0. The minimum atomic E-state index is 0. The summed E-state index contributed by atoms with van der Waals surface area (Å²) in [5.41, 5.74) is 24.4. The van der Waals surface area contributed by atoms with Crippen molar-refractivity contribution in [3.05, 3.63) is 159 Å². The molecule has 3 aromatic heterocycles. The van der Waals surface area contributed by atoms with Gasteiger partial charge in [0.1, 0.15) is 0 Å². The number of benzene rings is 4. The standard InChI is InChI=1S/C56H50N4S.Zn/c1-32-28-34(3)51(35(4)29-32)55-47-24-20-43(57-47)53(40-14-12-39(13-15-40)38-10-8-9-11-38)44-21-25-48(58-44)56(52-36(5)30-33(2)31-37(52)6)50-27-23-46(60-50)54(45-22-26-49(55)59-45)41-16-18-42(61-7)19-17-41;/h12-31,38H,8-11H2,1-7H3;/q-2;+2. The van der Waals surface area contributed by atoms with E-state index in [1.54, 1.807) is 11.8 Å². The van der Waals surface area contributed by atoms with Gasteiger partial charge in [-0.05, 0) is 175 Å². The number of hydrogen-bond donors (Lipinski definition) is 0. The van der Waals surface area contributed by atoms with Gasteiger partial charge in [0.25, 0.3) is 0 Å². The van der Waals surface area contributed by atoms with Gasteiger partial charge in [0.15, 0.2) is 0 Å². The van der Waals surface area contributed by atoms with E-state index in [-0.39, 0.29) is 19.5 Å². The topological polar surface area (TPSA) is 54.0 Å². The van der Waals surface area contributed by atoms with Crippen molar-refractivity contribution >= 4 is 58.1 Å². The van der Waals surface area contributed by atoms with Crippen LogP contribution in [0.3, 0.4) is 0 Å². The van der Waals surface area contributed by atoms with Crippen molar-refractivity contribution in [2.24, 2.45) is 0 Å². The van der Waals surface area contributed by atoms with Gasteiger partial charge in [0.2, 0.25) is 0 Å². The van der Waals surface area contributed by atoms with Gasteiger partial charge in [-0.3, -0.25) is 0 Å². The fourth-order valence-corrected chi connectivity index (χ4v) is 10.7. The van der Waals surface area contributed by atoms with Crippen LogP contribution in [0.5, 0.6) is 0 Å². The molecule has 4 nitrogen and oxygen atoms in total. The van der Waals surface area contributed by atoms with Crippen LogP contribution in [0.2, 0.25) is 0 Å². The summed E-state index contributed by atoms with van der Waals surface area (Å²) >= 11 is 1.74. The zero-order valence-electron chi connectivity index (χ0n) is 36.9. The number of rotatable bonds is 6. The molecule has 1 fully saturated rings. The Morgan fingerprint density at radius 3 is 1.19 bits per heavy atom. The normalized spacial score (nSPS) is 13.5. The minimum Gasteiger partial charge on any atom is -0.657 e. The van der Waals surface area contributed by atoms with E-state index in [2.05, 4.69) is 169 Å². The second kappa shape index (κ2) is 17.0. The van der Waals surface area contributed by atoms with E-state index in [4.69, 9.17) is 19.9 Å². The molecule has 0 atom stereocenters. The molecule has 0 radical (unpaired) electrons. The molecule has 0 amide bonds. The number of aromatic nitrogens is 4. The molecule has 62 heavy (non-hydrogen) atoms.